The fourth-order valence-electron chi connectivity index (χ4n) is 4.74. The van der Waals surface area contributed by atoms with Gasteiger partial charge < -0.3 is 20.1 Å². The Hall–Kier alpha value is -2.91. The Labute approximate surface area is 200 Å². The van der Waals surface area contributed by atoms with Crippen LogP contribution in [0.15, 0.2) is 18.2 Å². The quantitative estimate of drug-likeness (QED) is 0.561. The summed E-state index contributed by atoms with van der Waals surface area (Å²) in [6.07, 6.45) is 3.70. The molecular weight excluding hydrogens is 452 g/mol. The number of rotatable bonds is 8. The van der Waals surface area contributed by atoms with Crippen molar-refractivity contribution in [3.8, 4) is 0 Å². The summed E-state index contributed by atoms with van der Waals surface area (Å²) >= 11 is 0. The molecule has 34 heavy (non-hydrogen) atoms. The minimum absolute atomic E-state index is 0.0264. The first-order valence-corrected chi connectivity index (χ1v) is 13.7. The summed E-state index contributed by atoms with van der Waals surface area (Å²) in [6.45, 7) is 10.3. The van der Waals surface area contributed by atoms with Gasteiger partial charge in [-0.2, -0.15) is 0 Å². The van der Waals surface area contributed by atoms with E-state index in [1.165, 1.54) is 6.26 Å². The highest BCUT2D eigenvalue weighted by Gasteiger charge is 2.30. The predicted octanol–water partition coefficient (Wildman–Crippen LogP) is 2.70. The number of benzene rings is 1. The van der Waals surface area contributed by atoms with Gasteiger partial charge in [0.05, 0.1) is 16.9 Å². The van der Waals surface area contributed by atoms with Crippen molar-refractivity contribution in [1.29, 1.82) is 0 Å². The molecule has 0 atom stereocenters. The van der Waals surface area contributed by atoms with Crippen molar-refractivity contribution in [2.45, 2.75) is 32.9 Å². The third-order valence-electron chi connectivity index (χ3n) is 6.66. The van der Waals surface area contributed by atoms with Crippen LogP contribution < -0.4 is 5.32 Å². The molecule has 2 aliphatic heterocycles. The molecule has 2 amide bonds. The lowest BCUT2D eigenvalue weighted by molar-refractivity contribution is -0.110. The molecule has 0 saturated carbocycles. The molecule has 9 heteroatoms. The highest BCUT2D eigenvalue weighted by molar-refractivity contribution is 7.89. The molecule has 2 N–H and O–H groups in total. The highest BCUT2D eigenvalue weighted by atomic mass is 32.2. The fraction of sp³-hybridized carbons (Fsp3) is 0.440. The Bertz CT molecular complexity index is 1270. The molecule has 1 aromatic heterocycles. The number of nitrogens with zero attached hydrogens (tertiary/aromatic N) is 2. The van der Waals surface area contributed by atoms with Crippen LogP contribution in [0.2, 0.25) is 0 Å². The van der Waals surface area contributed by atoms with Crippen LogP contribution >= 0.6 is 0 Å². The van der Waals surface area contributed by atoms with Crippen LogP contribution in [0, 0.1) is 6.92 Å². The third-order valence-corrected chi connectivity index (χ3v) is 7.52. The van der Waals surface area contributed by atoms with Crippen molar-refractivity contribution in [3.63, 3.8) is 0 Å². The average Bonchev–Trinajstić information content (AvgIpc) is 3.26. The number of aromatic amines is 1. The zero-order valence-electron chi connectivity index (χ0n) is 20.2. The van der Waals surface area contributed by atoms with Crippen molar-refractivity contribution in [3.05, 3.63) is 51.8 Å². The lowest BCUT2D eigenvalue weighted by Crippen LogP contribution is -2.42. The first-order chi connectivity index (χ1) is 16.1. The van der Waals surface area contributed by atoms with Crippen LogP contribution in [-0.2, 0) is 26.8 Å². The van der Waals surface area contributed by atoms with E-state index in [0.717, 1.165) is 43.0 Å². The van der Waals surface area contributed by atoms with E-state index in [4.69, 9.17) is 0 Å². The minimum Gasteiger partial charge on any atom is -0.358 e. The normalized spacial score (nSPS) is 16.9. The Morgan fingerprint density at radius 3 is 2.59 bits per heavy atom. The van der Waals surface area contributed by atoms with Gasteiger partial charge in [0.25, 0.3) is 11.8 Å². The Balaban J connectivity index is 1.63. The second-order valence-corrected chi connectivity index (χ2v) is 11.2. The number of anilines is 1. The van der Waals surface area contributed by atoms with Crippen LogP contribution in [0.25, 0.3) is 11.6 Å². The summed E-state index contributed by atoms with van der Waals surface area (Å²) in [4.78, 5) is 33.5. The van der Waals surface area contributed by atoms with Crippen molar-refractivity contribution >= 4 is 39.0 Å². The Kier molecular flexibility index (Phi) is 6.69. The summed E-state index contributed by atoms with van der Waals surface area (Å²) in [7, 11) is -3.19. The van der Waals surface area contributed by atoms with Crippen LogP contribution in [0.3, 0.4) is 0 Å². The van der Waals surface area contributed by atoms with Gasteiger partial charge in [0.2, 0.25) is 0 Å². The number of nitrogens with one attached hydrogen (secondary N) is 2. The monoisotopic (exact) mass is 484 g/mol. The van der Waals surface area contributed by atoms with Crippen LogP contribution in [0.5, 0.6) is 0 Å². The number of aromatic nitrogens is 1. The van der Waals surface area contributed by atoms with Gasteiger partial charge in [-0.05, 0) is 49.3 Å². The molecule has 2 aliphatic rings. The first-order valence-electron chi connectivity index (χ1n) is 11.7. The topological polar surface area (TPSA) is 103 Å². The number of amides is 2. The molecule has 2 aromatic rings. The second kappa shape index (κ2) is 9.38. The number of carbonyl (C=O) groups is 2. The van der Waals surface area contributed by atoms with Gasteiger partial charge in [-0.15, -0.1) is 0 Å². The fourth-order valence-corrected chi connectivity index (χ4v) is 5.52. The number of H-pyrrole nitrogens is 1. The average molecular weight is 485 g/mol. The van der Waals surface area contributed by atoms with Crippen molar-refractivity contribution in [2.24, 2.45) is 0 Å². The Morgan fingerprint density at radius 2 is 1.91 bits per heavy atom. The largest absolute Gasteiger partial charge is 0.358 e. The molecule has 4 rings (SSSR count). The van der Waals surface area contributed by atoms with E-state index in [1.807, 2.05) is 11.8 Å². The molecule has 0 unspecified atom stereocenters. The highest BCUT2D eigenvalue weighted by Crippen LogP contribution is 2.35. The van der Waals surface area contributed by atoms with Gasteiger partial charge >= 0.3 is 0 Å². The number of hydrogen-bond donors (Lipinski definition) is 2. The summed E-state index contributed by atoms with van der Waals surface area (Å²) in [5, 5.41) is 2.84. The smallest absolute Gasteiger partial charge is 0.256 e. The SMILES string of the molecule is CCN(CC)CCN1CCc2[nH]c(/C=C3\C(=O)Nc4ccc(CS(C)(=O)=O)cc43)c(C)c2C1=O. The van der Waals surface area contributed by atoms with E-state index in [9.17, 15) is 18.0 Å². The molecular formula is C25H32N4O4S. The van der Waals surface area contributed by atoms with Crippen LogP contribution in [0.1, 0.15) is 52.3 Å². The summed E-state index contributed by atoms with van der Waals surface area (Å²) in [5.74, 6) is -0.306. The molecule has 0 bridgehead atoms. The van der Waals surface area contributed by atoms with Crippen molar-refractivity contribution in [1.82, 2.24) is 14.8 Å². The van der Waals surface area contributed by atoms with Crippen LogP contribution in [0.4, 0.5) is 5.69 Å². The van der Waals surface area contributed by atoms with Crippen molar-refractivity contribution in [2.75, 3.05) is 44.3 Å². The minimum atomic E-state index is -3.19. The maximum absolute atomic E-state index is 13.2. The zero-order valence-corrected chi connectivity index (χ0v) is 21.0. The van der Waals surface area contributed by atoms with Gasteiger partial charge in [-0.1, -0.05) is 19.9 Å². The third kappa shape index (κ3) is 4.81. The molecule has 1 aromatic carbocycles. The van der Waals surface area contributed by atoms with Gasteiger partial charge in [-0.3, -0.25) is 9.59 Å². The van der Waals surface area contributed by atoms with E-state index in [0.29, 0.717) is 41.0 Å². The van der Waals surface area contributed by atoms with E-state index in [2.05, 4.69) is 29.0 Å². The molecule has 0 radical (unpaired) electrons. The first kappa shape index (κ1) is 24.2. The molecule has 182 valence electrons. The van der Waals surface area contributed by atoms with Crippen molar-refractivity contribution < 1.29 is 18.0 Å². The van der Waals surface area contributed by atoms with Gasteiger partial charge in [0.1, 0.15) is 0 Å². The summed E-state index contributed by atoms with van der Waals surface area (Å²) in [6, 6.07) is 5.20. The maximum atomic E-state index is 13.2. The predicted molar refractivity (Wildman–Crippen MR) is 134 cm³/mol. The van der Waals surface area contributed by atoms with Crippen LogP contribution in [-0.4, -0.2) is 74.0 Å². The Morgan fingerprint density at radius 1 is 1.18 bits per heavy atom. The molecule has 0 spiro atoms. The molecule has 3 heterocycles. The lowest BCUT2D eigenvalue weighted by Gasteiger charge is -2.29. The van der Waals surface area contributed by atoms with Gasteiger partial charge in [0, 0.05) is 54.9 Å². The van der Waals surface area contributed by atoms with E-state index in [-0.39, 0.29) is 17.6 Å². The molecule has 8 nitrogen and oxygen atoms in total. The standard InChI is InChI=1S/C25H32N4O4S/c1-5-28(6-2)11-12-29-10-9-21-23(25(29)31)16(3)22(26-21)14-19-18-13-17(15-34(4,32)33)7-8-20(18)27-24(19)30/h7-8,13-14,26H,5-6,9-12,15H2,1-4H3,(H,27,30)/b19-14-. The van der Waals surface area contributed by atoms with Gasteiger partial charge in [-0.25, -0.2) is 8.42 Å². The zero-order chi connectivity index (χ0) is 24.6. The second-order valence-electron chi connectivity index (χ2n) is 9.05. The number of fused-ring (bicyclic) bond motifs is 2. The summed E-state index contributed by atoms with van der Waals surface area (Å²) in [5.41, 5.74) is 5.57. The number of likely N-dealkylation sites (N-methyl/N-ethyl adjacent to an activating group) is 1. The number of sulfone groups is 1. The van der Waals surface area contributed by atoms with Gasteiger partial charge in [0.15, 0.2) is 9.84 Å². The number of hydrogen-bond acceptors (Lipinski definition) is 5. The number of carbonyl (C=O) groups excluding carboxylic acids is 2. The molecule has 0 fully saturated rings. The maximum Gasteiger partial charge on any atom is 0.256 e. The molecule has 0 aliphatic carbocycles. The molecule has 0 saturated heterocycles. The van der Waals surface area contributed by atoms with E-state index < -0.39 is 9.84 Å². The van der Waals surface area contributed by atoms with E-state index in [1.54, 1.807) is 24.3 Å². The van der Waals surface area contributed by atoms with E-state index >= 15 is 0 Å². The summed E-state index contributed by atoms with van der Waals surface area (Å²) < 4.78 is 23.5. The lowest BCUT2D eigenvalue weighted by atomic mass is 10.0.